The van der Waals surface area contributed by atoms with Gasteiger partial charge in [0.05, 0.1) is 12.4 Å². The van der Waals surface area contributed by atoms with Gasteiger partial charge in [-0.15, -0.1) is 0 Å². The van der Waals surface area contributed by atoms with E-state index in [9.17, 15) is 18.4 Å². The van der Waals surface area contributed by atoms with Crippen molar-refractivity contribution in [1.82, 2.24) is 14.9 Å². The van der Waals surface area contributed by atoms with Crippen molar-refractivity contribution in [2.24, 2.45) is 0 Å². The van der Waals surface area contributed by atoms with Crippen molar-refractivity contribution < 1.29 is 18.4 Å². The van der Waals surface area contributed by atoms with Gasteiger partial charge in [-0.05, 0) is 42.9 Å². The molecule has 2 fully saturated rings. The van der Waals surface area contributed by atoms with E-state index in [2.05, 4.69) is 15.3 Å². The molecule has 144 valence electrons. The smallest absolute Gasteiger partial charge is 0.254 e. The fourth-order valence-corrected chi connectivity index (χ4v) is 4.15. The summed E-state index contributed by atoms with van der Waals surface area (Å²) in [5.74, 6) is -1.14. The van der Waals surface area contributed by atoms with E-state index in [0.717, 1.165) is 30.8 Å². The number of nitrogens with one attached hydrogen (secondary N) is 1. The van der Waals surface area contributed by atoms with Gasteiger partial charge >= 0.3 is 0 Å². The summed E-state index contributed by atoms with van der Waals surface area (Å²) in [6.07, 6.45) is 4.70. The minimum absolute atomic E-state index is 0.0104. The Morgan fingerprint density at radius 2 is 2.00 bits per heavy atom. The number of anilines is 1. The van der Waals surface area contributed by atoms with E-state index in [0.29, 0.717) is 24.0 Å². The Hall–Kier alpha value is -2.90. The van der Waals surface area contributed by atoms with Crippen LogP contribution >= 0.6 is 0 Å². The molecule has 2 atom stereocenters. The summed E-state index contributed by atoms with van der Waals surface area (Å²) in [7, 11) is 0. The topological polar surface area (TPSA) is 75.2 Å². The highest BCUT2D eigenvalue weighted by atomic mass is 19.1. The molecule has 0 unspecified atom stereocenters. The zero-order valence-corrected chi connectivity index (χ0v) is 15.0. The van der Waals surface area contributed by atoms with Gasteiger partial charge < -0.3 is 4.90 Å². The van der Waals surface area contributed by atoms with E-state index in [1.54, 1.807) is 17.0 Å². The Balaban J connectivity index is 1.36. The lowest BCUT2D eigenvalue weighted by atomic mass is 9.69. The maximum Gasteiger partial charge on any atom is 0.254 e. The van der Waals surface area contributed by atoms with E-state index in [4.69, 9.17) is 0 Å². The Morgan fingerprint density at radius 3 is 2.64 bits per heavy atom. The van der Waals surface area contributed by atoms with Gasteiger partial charge in [0.1, 0.15) is 12.2 Å². The third-order valence-corrected chi connectivity index (χ3v) is 5.97. The van der Waals surface area contributed by atoms with Gasteiger partial charge in [0.25, 0.3) is 5.91 Å². The van der Waals surface area contributed by atoms with Crippen molar-refractivity contribution in [2.45, 2.75) is 43.3 Å². The van der Waals surface area contributed by atoms with Crippen molar-refractivity contribution >= 4 is 17.8 Å². The van der Waals surface area contributed by atoms with Crippen LogP contribution in [0.2, 0.25) is 0 Å². The van der Waals surface area contributed by atoms with E-state index >= 15 is 0 Å². The SMILES string of the molecule is O=C(CN1C(=O)c2ccc(C3(F)CC3)cc2[C@@H]2CC[C@@H]21)Nc1ncc(F)cn1. The third kappa shape index (κ3) is 2.75. The second-order valence-corrected chi connectivity index (χ2v) is 7.72. The highest BCUT2D eigenvalue weighted by Gasteiger charge is 2.49. The minimum Gasteiger partial charge on any atom is -0.326 e. The summed E-state index contributed by atoms with van der Waals surface area (Å²) in [6.45, 7) is -0.130. The van der Waals surface area contributed by atoms with E-state index in [1.165, 1.54) is 0 Å². The third-order valence-electron chi connectivity index (χ3n) is 5.97. The summed E-state index contributed by atoms with van der Waals surface area (Å²) in [5.41, 5.74) is 0.870. The van der Waals surface area contributed by atoms with Crippen molar-refractivity contribution in [3.63, 3.8) is 0 Å². The van der Waals surface area contributed by atoms with Crippen LogP contribution in [0.4, 0.5) is 14.7 Å². The average Bonchev–Trinajstić information content (AvgIpc) is 3.39. The van der Waals surface area contributed by atoms with Crippen molar-refractivity contribution in [2.75, 3.05) is 11.9 Å². The molecule has 2 saturated carbocycles. The highest BCUT2D eigenvalue weighted by Crippen LogP contribution is 2.52. The molecule has 1 aromatic carbocycles. The number of aromatic nitrogens is 2. The number of amides is 2. The number of halogens is 2. The molecule has 2 amide bonds. The predicted octanol–water partition coefficient (Wildman–Crippen LogP) is 2.91. The van der Waals surface area contributed by atoms with Crippen LogP contribution in [-0.2, 0) is 10.5 Å². The number of hydrogen-bond acceptors (Lipinski definition) is 4. The minimum atomic E-state index is -1.23. The summed E-state index contributed by atoms with van der Waals surface area (Å²) < 4.78 is 27.3. The van der Waals surface area contributed by atoms with Gasteiger partial charge in [0.2, 0.25) is 11.9 Å². The van der Waals surface area contributed by atoms with Gasteiger partial charge in [-0.25, -0.2) is 18.7 Å². The molecule has 28 heavy (non-hydrogen) atoms. The molecule has 2 aliphatic carbocycles. The predicted molar refractivity (Wildman–Crippen MR) is 95.9 cm³/mol. The Bertz CT molecular complexity index is 975. The monoisotopic (exact) mass is 384 g/mol. The largest absolute Gasteiger partial charge is 0.326 e. The first-order chi connectivity index (χ1) is 13.4. The summed E-state index contributed by atoms with van der Waals surface area (Å²) in [4.78, 5) is 34.3. The van der Waals surface area contributed by atoms with Crippen LogP contribution in [0.25, 0.3) is 0 Å². The summed E-state index contributed by atoms with van der Waals surface area (Å²) in [5, 5.41) is 2.49. The van der Waals surface area contributed by atoms with Crippen LogP contribution in [0.15, 0.2) is 30.6 Å². The van der Waals surface area contributed by atoms with Crippen molar-refractivity contribution in [1.29, 1.82) is 0 Å². The molecule has 1 aromatic heterocycles. The number of alkyl halides is 1. The first-order valence-corrected chi connectivity index (χ1v) is 9.36. The lowest BCUT2D eigenvalue weighted by Gasteiger charge is -2.48. The lowest BCUT2D eigenvalue weighted by molar-refractivity contribution is -0.117. The molecule has 0 saturated heterocycles. The average molecular weight is 384 g/mol. The maximum atomic E-state index is 14.4. The highest BCUT2D eigenvalue weighted by molar-refractivity contribution is 6.01. The van der Waals surface area contributed by atoms with Crippen LogP contribution in [0.5, 0.6) is 0 Å². The van der Waals surface area contributed by atoms with Gasteiger partial charge in [-0.2, -0.15) is 0 Å². The van der Waals surface area contributed by atoms with E-state index < -0.39 is 17.4 Å². The molecular weight excluding hydrogens is 366 g/mol. The quantitative estimate of drug-likeness (QED) is 0.880. The molecule has 0 bridgehead atoms. The standard InChI is InChI=1S/C20H18F2N4O2/c21-12-8-23-19(24-9-12)25-17(27)10-26-16-4-3-13(16)15-7-11(20(22)5-6-20)1-2-14(15)18(26)28/h1-2,7-9,13,16H,3-6,10H2,(H,23,24,25,27)/t13-,16-/m0/s1. The Morgan fingerprint density at radius 1 is 1.25 bits per heavy atom. The number of fused-ring (bicyclic) bond motifs is 3. The molecule has 0 spiro atoms. The molecule has 1 aliphatic heterocycles. The zero-order valence-electron chi connectivity index (χ0n) is 15.0. The molecule has 3 aliphatic rings. The number of rotatable bonds is 4. The molecule has 1 N–H and O–H groups in total. The number of nitrogens with zero attached hydrogens (tertiary/aromatic N) is 3. The first-order valence-electron chi connectivity index (χ1n) is 9.36. The van der Waals surface area contributed by atoms with Gasteiger partial charge in [-0.3, -0.25) is 14.9 Å². The van der Waals surface area contributed by atoms with Crippen LogP contribution in [0, 0.1) is 5.82 Å². The maximum absolute atomic E-state index is 14.4. The fraction of sp³-hybridized carbons (Fsp3) is 0.400. The van der Waals surface area contributed by atoms with Crippen LogP contribution in [0.3, 0.4) is 0 Å². The van der Waals surface area contributed by atoms with Gasteiger partial charge in [-0.1, -0.05) is 12.1 Å². The second-order valence-electron chi connectivity index (χ2n) is 7.72. The van der Waals surface area contributed by atoms with E-state index in [-0.39, 0.29) is 30.4 Å². The number of carbonyl (C=O) groups is 2. The van der Waals surface area contributed by atoms with E-state index in [1.807, 2.05) is 6.07 Å². The Labute approximate surface area is 160 Å². The zero-order chi connectivity index (χ0) is 19.5. The summed E-state index contributed by atoms with van der Waals surface area (Å²) >= 11 is 0. The molecule has 0 radical (unpaired) electrons. The molecule has 5 rings (SSSR count). The fourth-order valence-electron chi connectivity index (χ4n) is 4.15. The lowest BCUT2D eigenvalue weighted by Crippen LogP contribution is -2.55. The number of carbonyl (C=O) groups excluding carboxylic acids is 2. The molecule has 6 nitrogen and oxygen atoms in total. The van der Waals surface area contributed by atoms with Gasteiger partial charge in [0, 0.05) is 17.5 Å². The van der Waals surface area contributed by atoms with Crippen molar-refractivity contribution in [3.05, 3.63) is 53.1 Å². The molecule has 8 heteroatoms. The molecule has 2 aromatic rings. The second kappa shape index (κ2) is 6.05. The summed E-state index contributed by atoms with van der Waals surface area (Å²) in [6, 6.07) is 5.16. The van der Waals surface area contributed by atoms with Gasteiger partial charge in [0.15, 0.2) is 5.82 Å². The molecular formula is C20H18F2N4O2. The Kier molecular flexibility index (Phi) is 3.72. The molecule has 2 heterocycles. The normalized spacial score (nSPS) is 24.1. The first kappa shape index (κ1) is 17.2. The van der Waals surface area contributed by atoms with Crippen LogP contribution in [0.1, 0.15) is 53.1 Å². The van der Waals surface area contributed by atoms with Crippen LogP contribution < -0.4 is 5.32 Å². The van der Waals surface area contributed by atoms with Crippen LogP contribution in [-0.4, -0.2) is 39.3 Å². The number of benzene rings is 1. The van der Waals surface area contributed by atoms with Crippen molar-refractivity contribution in [3.8, 4) is 0 Å². The number of hydrogen-bond donors (Lipinski definition) is 1.